The molecular formula is C10H8BrNO2. The summed E-state index contributed by atoms with van der Waals surface area (Å²) in [5, 5.41) is 1.12. The minimum atomic E-state index is -0.390. The second kappa shape index (κ2) is 3.46. The van der Waals surface area contributed by atoms with Crippen LogP contribution in [0.25, 0.3) is 10.9 Å². The van der Waals surface area contributed by atoms with Gasteiger partial charge >= 0.3 is 5.97 Å². The molecule has 14 heavy (non-hydrogen) atoms. The highest BCUT2D eigenvalue weighted by Gasteiger charge is 2.07. The highest BCUT2D eigenvalue weighted by molar-refractivity contribution is 9.06. The second-order valence-corrected chi connectivity index (χ2v) is 3.42. The third-order valence-corrected chi connectivity index (χ3v) is 2.49. The maximum Gasteiger partial charge on any atom is 0.349 e. The number of nitrogens with one attached hydrogen (secondary N) is 1. The van der Waals surface area contributed by atoms with Gasteiger partial charge in [-0.15, -0.1) is 0 Å². The van der Waals surface area contributed by atoms with E-state index in [1.54, 1.807) is 12.1 Å². The maximum absolute atomic E-state index is 11.2. The van der Waals surface area contributed by atoms with Gasteiger partial charge in [0.25, 0.3) is 0 Å². The van der Waals surface area contributed by atoms with E-state index in [2.05, 4.69) is 25.1 Å². The molecule has 0 aliphatic heterocycles. The minimum absolute atomic E-state index is 0.390. The van der Waals surface area contributed by atoms with E-state index in [0.717, 1.165) is 10.9 Å². The molecule has 3 nitrogen and oxygen atoms in total. The van der Waals surface area contributed by atoms with E-state index in [1.807, 2.05) is 19.2 Å². The minimum Gasteiger partial charge on any atom is -0.380 e. The molecule has 0 spiro atoms. The van der Waals surface area contributed by atoms with Gasteiger partial charge in [-0.1, -0.05) is 6.07 Å². The molecule has 4 heteroatoms. The van der Waals surface area contributed by atoms with Crippen LogP contribution >= 0.6 is 16.3 Å². The number of halogens is 1. The van der Waals surface area contributed by atoms with Crippen molar-refractivity contribution in [1.29, 1.82) is 0 Å². The Morgan fingerprint density at radius 3 is 3.00 bits per heavy atom. The molecule has 0 atom stereocenters. The van der Waals surface area contributed by atoms with E-state index in [1.165, 1.54) is 5.56 Å². The van der Waals surface area contributed by atoms with Gasteiger partial charge in [-0.2, -0.15) is 0 Å². The van der Waals surface area contributed by atoms with E-state index in [0.29, 0.717) is 5.56 Å². The first-order valence-corrected chi connectivity index (χ1v) is 4.78. The zero-order valence-corrected chi connectivity index (χ0v) is 9.09. The molecule has 0 radical (unpaired) electrons. The van der Waals surface area contributed by atoms with Crippen LogP contribution in [0.3, 0.4) is 0 Å². The SMILES string of the molecule is Cc1c[nH]c2cc(C(=O)OBr)ccc12. The topological polar surface area (TPSA) is 42.1 Å². The third-order valence-electron chi connectivity index (χ3n) is 2.19. The Kier molecular flexibility index (Phi) is 2.29. The number of benzene rings is 1. The molecule has 1 aromatic carbocycles. The van der Waals surface area contributed by atoms with Crippen molar-refractivity contribution >= 4 is 33.1 Å². The van der Waals surface area contributed by atoms with Gasteiger partial charge in [0.15, 0.2) is 16.3 Å². The summed E-state index contributed by atoms with van der Waals surface area (Å²) in [5.41, 5.74) is 2.63. The van der Waals surface area contributed by atoms with E-state index < -0.39 is 0 Å². The molecule has 0 saturated heterocycles. The maximum atomic E-state index is 11.2. The van der Waals surface area contributed by atoms with Crippen molar-refractivity contribution in [2.75, 3.05) is 0 Å². The van der Waals surface area contributed by atoms with Crippen LogP contribution in [0.2, 0.25) is 0 Å². The molecule has 0 amide bonds. The van der Waals surface area contributed by atoms with Gasteiger partial charge in [0.1, 0.15) is 0 Å². The molecule has 0 saturated carbocycles. The summed E-state index contributed by atoms with van der Waals surface area (Å²) in [6.45, 7) is 2.02. The van der Waals surface area contributed by atoms with Crippen LogP contribution in [0, 0.1) is 6.92 Å². The summed E-state index contributed by atoms with van der Waals surface area (Å²) in [5.74, 6) is -0.390. The predicted octanol–water partition coefficient (Wildman–Crippen LogP) is 2.94. The van der Waals surface area contributed by atoms with Crippen LogP contribution in [0.15, 0.2) is 24.4 Å². The van der Waals surface area contributed by atoms with Gasteiger partial charge < -0.3 is 8.81 Å². The molecule has 2 rings (SSSR count). The first kappa shape index (κ1) is 9.27. The highest BCUT2D eigenvalue weighted by atomic mass is 79.9. The van der Waals surface area contributed by atoms with Crippen molar-refractivity contribution < 1.29 is 8.62 Å². The van der Waals surface area contributed by atoms with Crippen LogP contribution in [0.4, 0.5) is 0 Å². The molecule has 0 bridgehead atoms. The number of carbonyl (C=O) groups is 1. The van der Waals surface area contributed by atoms with Crippen molar-refractivity contribution in [3.8, 4) is 0 Å². The Balaban J connectivity index is 2.57. The molecule has 0 aliphatic carbocycles. The fourth-order valence-corrected chi connectivity index (χ4v) is 1.63. The lowest BCUT2D eigenvalue weighted by Gasteiger charge is -1.97. The summed E-state index contributed by atoms with van der Waals surface area (Å²) < 4.78 is 4.45. The lowest BCUT2D eigenvalue weighted by Crippen LogP contribution is -1.96. The van der Waals surface area contributed by atoms with Crippen LogP contribution in [-0.4, -0.2) is 11.0 Å². The van der Waals surface area contributed by atoms with Gasteiger partial charge in [-0.05, 0) is 24.6 Å². The molecule has 0 unspecified atom stereocenters. The van der Waals surface area contributed by atoms with Gasteiger partial charge in [0, 0.05) is 17.1 Å². The van der Waals surface area contributed by atoms with Crippen molar-refractivity contribution in [3.63, 3.8) is 0 Å². The Morgan fingerprint density at radius 1 is 1.50 bits per heavy atom. The summed E-state index contributed by atoms with van der Waals surface area (Å²) in [7, 11) is 0. The molecule has 1 heterocycles. The van der Waals surface area contributed by atoms with E-state index in [-0.39, 0.29) is 5.97 Å². The fraction of sp³-hybridized carbons (Fsp3) is 0.100. The number of aromatic nitrogens is 1. The summed E-state index contributed by atoms with van der Waals surface area (Å²) in [6.07, 6.45) is 1.91. The van der Waals surface area contributed by atoms with Gasteiger partial charge in [-0.25, -0.2) is 4.79 Å². The summed E-state index contributed by atoms with van der Waals surface area (Å²) >= 11 is 2.66. The zero-order chi connectivity index (χ0) is 10.1. The summed E-state index contributed by atoms with van der Waals surface area (Å²) in [6, 6.07) is 5.42. The molecule has 0 aliphatic rings. The largest absolute Gasteiger partial charge is 0.380 e. The number of hydrogen-bond acceptors (Lipinski definition) is 2. The number of aryl methyl sites for hydroxylation is 1. The van der Waals surface area contributed by atoms with Gasteiger partial charge in [0.05, 0.1) is 5.56 Å². The molecule has 72 valence electrons. The average molecular weight is 254 g/mol. The molecule has 1 N–H and O–H groups in total. The lowest BCUT2D eigenvalue weighted by atomic mass is 10.1. The fourth-order valence-electron chi connectivity index (χ4n) is 1.44. The Labute approximate surface area is 89.5 Å². The quantitative estimate of drug-likeness (QED) is 0.850. The smallest absolute Gasteiger partial charge is 0.349 e. The number of carbonyl (C=O) groups excluding carboxylic acids is 1. The van der Waals surface area contributed by atoms with Crippen LogP contribution in [0.1, 0.15) is 15.9 Å². The van der Waals surface area contributed by atoms with E-state index in [9.17, 15) is 4.79 Å². The summed E-state index contributed by atoms with van der Waals surface area (Å²) in [4.78, 5) is 14.3. The lowest BCUT2D eigenvalue weighted by molar-refractivity contribution is 0.0782. The second-order valence-electron chi connectivity index (χ2n) is 3.10. The molecular weight excluding hydrogens is 246 g/mol. The zero-order valence-electron chi connectivity index (χ0n) is 7.50. The number of H-pyrrole nitrogens is 1. The van der Waals surface area contributed by atoms with E-state index in [4.69, 9.17) is 0 Å². The van der Waals surface area contributed by atoms with Crippen molar-refractivity contribution in [2.45, 2.75) is 6.92 Å². The number of hydrogen-bond donors (Lipinski definition) is 1. The first-order valence-electron chi connectivity index (χ1n) is 4.13. The van der Waals surface area contributed by atoms with Gasteiger partial charge in [-0.3, -0.25) is 0 Å². The number of aromatic amines is 1. The standard InChI is InChI=1S/C10H8BrNO2/c1-6-5-12-9-4-7(10(13)14-11)2-3-8(6)9/h2-5,12H,1H3. The molecule has 2 aromatic rings. The van der Waals surface area contributed by atoms with E-state index >= 15 is 0 Å². The van der Waals surface area contributed by atoms with Crippen LogP contribution in [0.5, 0.6) is 0 Å². The Morgan fingerprint density at radius 2 is 2.29 bits per heavy atom. The number of fused-ring (bicyclic) bond motifs is 1. The van der Waals surface area contributed by atoms with Crippen LogP contribution < -0.4 is 0 Å². The van der Waals surface area contributed by atoms with Crippen molar-refractivity contribution in [2.24, 2.45) is 0 Å². The Hall–Kier alpha value is -1.29. The monoisotopic (exact) mass is 253 g/mol. The molecule has 0 fully saturated rings. The third kappa shape index (κ3) is 1.42. The number of rotatable bonds is 1. The first-order chi connectivity index (χ1) is 6.72. The van der Waals surface area contributed by atoms with Crippen LogP contribution in [-0.2, 0) is 3.83 Å². The van der Waals surface area contributed by atoms with Gasteiger partial charge in [0.2, 0.25) is 0 Å². The van der Waals surface area contributed by atoms with Crippen molar-refractivity contribution in [3.05, 3.63) is 35.5 Å². The Bertz CT molecular complexity index is 490. The highest BCUT2D eigenvalue weighted by Crippen LogP contribution is 2.19. The predicted molar refractivity (Wildman–Crippen MR) is 57.4 cm³/mol. The average Bonchev–Trinajstić information content (AvgIpc) is 2.59. The normalized spacial score (nSPS) is 10.4. The van der Waals surface area contributed by atoms with Crippen molar-refractivity contribution in [1.82, 2.24) is 4.98 Å². The molecule has 1 aromatic heterocycles.